The van der Waals surface area contributed by atoms with Crippen molar-refractivity contribution in [3.63, 3.8) is 0 Å². The van der Waals surface area contributed by atoms with Gasteiger partial charge in [-0.2, -0.15) is 0 Å². The molecular formula is C17H23N3O4. The Morgan fingerprint density at radius 3 is 2.75 bits per heavy atom. The first-order valence-corrected chi connectivity index (χ1v) is 8.51. The lowest BCUT2D eigenvalue weighted by Gasteiger charge is -2.37. The zero-order chi connectivity index (χ0) is 17.3. The molecule has 130 valence electrons. The SMILES string of the molecule is CC(O)C1CCCCN1C(=O)c1ccc(NC2CC2)c([N+](=O)[O-])c1. The lowest BCUT2D eigenvalue weighted by molar-refractivity contribution is -0.384. The van der Waals surface area contributed by atoms with E-state index in [1.165, 1.54) is 6.07 Å². The Morgan fingerprint density at radius 1 is 1.38 bits per heavy atom. The number of nitro groups is 1. The molecule has 0 bridgehead atoms. The molecule has 2 N–H and O–H groups in total. The quantitative estimate of drug-likeness (QED) is 0.638. The Labute approximate surface area is 140 Å². The Balaban J connectivity index is 1.85. The molecule has 1 amide bonds. The number of piperidine rings is 1. The van der Waals surface area contributed by atoms with E-state index in [9.17, 15) is 20.0 Å². The molecule has 7 heteroatoms. The summed E-state index contributed by atoms with van der Waals surface area (Å²) in [5.74, 6) is -0.248. The van der Waals surface area contributed by atoms with Gasteiger partial charge in [-0.15, -0.1) is 0 Å². The zero-order valence-corrected chi connectivity index (χ0v) is 13.8. The van der Waals surface area contributed by atoms with Crippen molar-refractivity contribution in [3.8, 4) is 0 Å². The van der Waals surface area contributed by atoms with Crippen LogP contribution in [-0.2, 0) is 0 Å². The van der Waals surface area contributed by atoms with E-state index < -0.39 is 11.0 Å². The Hall–Kier alpha value is -2.15. The van der Waals surface area contributed by atoms with Crippen LogP contribution in [0.4, 0.5) is 11.4 Å². The third kappa shape index (κ3) is 3.51. The van der Waals surface area contributed by atoms with Gasteiger partial charge in [0.2, 0.25) is 0 Å². The van der Waals surface area contributed by atoms with Crippen molar-refractivity contribution in [2.24, 2.45) is 0 Å². The number of benzene rings is 1. The van der Waals surface area contributed by atoms with Gasteiger partial charge < -0.3 is 15.3 Å². The normalized spacial score (nSPS) is 22.1. The Morgan fingerprint density at radius 2 is 2.12 bits per heavy atom. The number of anilines is 1. The van der Waals surface area contributed by atoms with Gasteiger partial charge in [-0.05, 0) is 51.2 Å². The zero-order valence-electron chi connectivity index (χ0n) is 13.8. The van der Waals surface area contributed by atoms with Crippen LogP contribution in [-0.4, -0.2) is 45.6 Å². The average molecular weight is 333 g/mol. The molecular weight excluding hydrogens is 310 g/mol. The molecule has 2 unspecified atom stereocenters. The fourth-order valence-corrected chi connectivity index (χ4v) is 3.26. The lowest BCUT2D eigenvalue weighted by atomic mass is 9.97. The van der Waals surface area contributed by atoms with Crippen molar-refractivity contribution in [1.82, 2.24) is 4.90 Å². The first kappa shape index (κ1) is 16.7. The molecule has 0 aromatic heterocycles. The predicted octanol–water partition coefficient (Wildman–Crippen LogP) is 2.54. The van der Waals surface area contributed by atoms with Crippen LogP contribution < -0.4 is 5.32 Å². The Bertz CT molecular complexity index is 643. The van der Waals surface area contributed by atoms with Crippen molar-refractivity contribution in [2.45, 2.75) is 57.2 Å². The monoisotopic (exact) mass is 333 g/mol. The van der Waals surface area contributed by atoms with Crippen molar-refractivity contribution in [1.29, 1.82) is 0 Å². The number of hydrogen-bond acceptors (Lipinski definition) is 5. The number of aliphatic hydroxyl groups is 1. The maximum Gasteiger partial charge on any atom is 0.293 e. The summed E-state index contributed by atoms with van der Waals surface area (Å²) in [5, 5.41) is 24.4. The van der Waals surface area contributed by atoms with Gasteiger partial charge >= 0.3 is 0 Å². The minimum absolute atomic E-state index is 0.0710. The van der Waals surface area contributed by atoms with Gasteiger partial charge in [0.15, 0.2) is 0 Å². The second-order valence-corrected chi connectivity index (χ2v) is 6.71. The average Bonchev–Trinajstić information content (AvgIpc) is 3.38. The highest BCUT2D eigenvalue weighted by Gasteiger charge is 2.32. The van der Waals surface area contributed by atoms with Crippen LogP contribution in [0.5, 0.6) is 0 Å². The molecule has 1 aromatic carbocycles. The van der Waals surface area contributed by atoms with E-state index in [-0.39, 0.29) is 17.6 Å². The number of amides is 1. The van der Waals surface area contributed by atoms with Crippen LogP contribution in [0.1, 0.15) is 49.4 Å². The molecule has 24 heavy (non-hydrogen) atoms. The number of carbonyl (C=O) groups is 1. The molecule has 1 saturated heterocycles. The highest BCUT2D eigenvalue weighted by Crippen LogP contribution is 2.32. The number of aliphatic hydroxyl groups excluding tert-OH is 1. The van der Waals surface area contributed by atoms with E-state index in [0.29, 0.717) is 23.8 Å². The minimum Gasteiger partial charge on any atom is -0.391 e. The Kier molecular flexibility index (Phi) is 4.71. The maximum absolute atomic E-state index is 12.8. The number of hydrogen-bond donors (Lipinski definition) is 2. The second kappa shape index (κ2) is 6.76. The van der Waals surface area contributed by atoms with Gasteiger partial charge in [0.25, 0.3) is 11.6 Å². The largest absolute Gasteiger partial charge is 0.391 e. The number of carbonyl (C=O) groups excluding carboxylic acids is 1. The van der Waals surface area contributed by atoms with Crippen molar-refractivity contribution < 1.29 is 14.8 Å². The van der Waals surface area contributed by atoms with Gasteiger partial charge in [0.1, 0.15) is 5.69 Å². The van der Waals surface area contributed by atoms with E-state index in [4.69, 9.17) is 0 Å². The van der Waals surface area contributed by atoms with E-state index in [1.54, 1.807) is 24.0 Å². The van der Waals surface area contributed by atoms with Crippen LogP contribution in [0.3, 0.4) is 0 Å². The summed E-state index contributed by atoms with van der Waals surface area (Å²) < 4.78 is 0. The topological polar surface area (TPSA) is 95.7 Å². The van der Waals surface area contributed by atoms with Gasteiger partial charge in [-0.1, -0.05) is 0 Å². The second-order valence-electron chi connectivity index (χ2n) is 6.71. The standard InChI is InChI=1S/C17H23N3O4/c1-11(21)15-4-2-3-9-19(15)17(22)12-5-8-14(18-13-6-7-13)16(10-12)20(23)24/h5,8,10-11,13,15,18,21H,2-4,6-7,9H2,1H3. The predicted molar refractivity (Wildman–Crippen MR) is 90.1 cm³/mol. The molecule has 2 aliphatic rings. The minimum atomic E-state index is -0.611. The molecule has 3 rings (SSSR count). The van der Waals surface area contributed by atoms with Crippen LogP contribution in [0.15, 0.2) is 18.2 Å². The van der Waals surface area contributed by atoms with E-state index in [1.807, 2.05) is 0 Å². The molecule has 7 nitrogen and oxygen atoms in total. The molecule has 1 aliphatic carbocycles. The van der Waals surface area contributed by atoms with E-state index in [2.05, 4.69) is 5.32 Å². The van der Waals surface area contributed by atoms with Crippen LogP contribution in [0.25, 0.3) is 0 Å². The molecule has 1 aliphatic heterocycles. The third-order valence-electron chi connectivity index (χ3n) is 4.75. The number of likely N-dealkylation sites (tertiary alicyclic amines) is 1. The molecule has 0 spiro atoms. The summed E-state index contributed by atoms with van der Waals surface area (Å²) in [5.41, 5.74) is 0.693. The first-order valence-electron chi connectivity index (χ1n) is 8.51. The number of nitro benzene ring substituents is 1. The van der Waals surface area contributed by atoms with E-state index in [0.717, 1.165) is 32.1 Å². The number of nitrogens with zero attached hydrogens (tertiary/aromatic N) is 2. The van der Waals surface area contributed by atoms with Crippen LogP contribution >= 0.6 is 0 Å². The highest BCUT2D eigenvalue weighted by atomic mass is 16.6. The van der Waals surface area contributed by atoms with Crippen molar-refractivity contribution in [2.75, 3.05) is 11.9 Å². The van der Waals surface area contributed by atoms with Gasteiger partial charge in [0, 0.05) is 24.2 Å². The summed E-state index contributed by atoms with van der Waals surface area (Å²) >= 11 is 0. The highest BCUT2D eigenvalue weighted by molar-refractivity contribution is 5.96. The molecule has 1 aromatic rings. The summed E-state index contributed by atoms with van der Waals surface area (Å²) in [6.07, 6.45) is 4.04. The summed E-state index contributed by atoms with van der Waals surface area (Å²) in [6.45, 7) is 2.26. The smallest absolute Gasteiger partial charge is 0.293 e. The van der Waals surface area contributed by atoms with Crippen LogP contribution in [0.2, 0.25) is 0 Å². The molecule has 2 fully saturated rings. The maximum atomic E-state index is 12.8. The number of nitrogens with one attached hydrogen (secondary N) is 1. The molecule has 1 heterocycles. The van der Waals surface area contributed by atoms with Crippen molar-refractivity contribution in [3.05, 3.63) is 33.9 Å². The van der Waals surface area contributed by atoms with Gasteiger partial charge in [0.05, 0.1) is 17.1 Å². The van der Waals surface area contributed by atoms with Gasteiger partial charge in [-0.25, -0.2) is 0 Å². The van der Waals surface area contributed by atoms with Gasteiger partial charge in [-0.3, -0.25) is 14.9 Å². The number of rotatable bonds is 5. The lowest BCUT2D eigenvalue weighted by Crippen LogP contribution is -2.48. The molecule has 1 saturated carbocycles. The summed E-state index contributed by atoms with van der Waals surface area (Å²) in [7, 11) is 0. The summed E-state index contributed by atoms with van der Waals surface area (Å²) in [6, 6.07) is 4.67. The summed E-state index contributed by atoms with van der Waals surface area (Å²) in [4.78, 5) is 25.4. The third-order valence-corrected chi connectivity index (χ3v) is 4.75. The fraction of sp³-hybridized carbons (Fsp3) is 0.588. The molecule has 0 radical (unpaired) electrons. The van der Waals surface area contributed by atoms with Crippen molar-refractivity contribution >= 4 is 17.3 Å². The fourth-order valence-electron chi connectivity index (χ4n) is 3.26. The molecule has 2 atom stereocenters. The van der Waals surface area contributed by atoms with Crippen LogP contribution in [0, 0.1) is 10.1 Å². The first-order chi connectivity index (χ1) is 11.5. The van der Waals surface area contributed by atoms with E-state index >= 15 is 0 Å².